The average Bonchev–Trinajstić information content (AvgIpc) is 2.64. The molecule has 0 bridgehead atoms. The first kappa shape index (κ1) is 14.9. The van der Waals surface area contributed by atoms with E-state index in [9.17, 15) is 13.6 Å². The Balaban J connectivity index is 2.36. The summed E-state index contributed by atoms with van der Waals surface area (Å²) in [6.45, 7) is 1.66. The van der Waals surface area contributed by atoms with Crippen molar-refractivity contribution < 1.29 is 18.7 Å². The molecule has 0 fully saturated rings. The second-order valence-corrected chi connectivity index (χ2v) is 5.22. The van der Waals surface area contributed by atoms with E-state index in [2.05, 4.69) is 5.73 Å². The van der Waals surface area contributed by atoms with E-state index < -0.39 is 17.6 Å². The van der Waals surface area contributed by atoms with E-state index in [0.29, 0.717) is 16.7 Å². The molecule has 0 unspecified atom stereocenters. The number of benzene rings is 2. The molecular formula is C19H12F2O2. The molecule has 0 saturated heterocycles. The van der Waals surface area contributed by atoms with Gasteiger partial charge in [0.05, 0.1) is 5.56 Å². The Morgan fingerprint density at radius 2 is 1.78 bits per heavy atom. The second kappa shape index (κ2) is 5.67. The van der Waals surface area contributed by atoms with E-state index in [4.69, 9.17) is 5.11 Å². The molecule has 2 nitrogen and oxygen atoms in total. The fraction of sp³-hybridized carbons (Fsp3) is 0.0526. The number of hydrogen-bond donors (Lipinski definition) is 1. The minimum Gasteiger partial charge on any atom is -0.478 e. The summed E-state index contributed by atoms with van der Waals surface area (Å²) in [5, 5.41) is 9.17. The molecule has 3 rings (SSSR count). The van der Waals surface area contributed by atoms with Crippen molar-refractivity contribution in [3.63, 3.8) is 0 Å². The fourth-order valence-corrected chi connectivity index (χ4v) is 2.54. The molecule has 1 N–H and O–H groups in total. The van der Waals surface area contributed by atoms with Gasteiger partial charge in [-0.1, -0.05) is 24.3 Å². The van der Waals surface area contributed by atoms with E-state index in [1.807, 2.05) is 0 Å². The number of carboxylic acids is 1. The molecular weight excluding hydrogens is 298 g/mol. The van der Waals surface area contributed by atoms with Gasteiger partial charge in [-0.3, -0.25) is 0 Å². The molecule has 23 heavy (non-hydrogen) atoms. The van der Waals surface area contributed by atoms with Crippen molar-refractivity contribution in [2.75, 3.05) is 0 Å². The van der Waals surface area contributed by atoms with Crippen molar-refractivity contribution in [3.8, 4) is 0 Å². The maximum Gasteiger partial charge on any atom is 0.335 e. The Bertz CT molecular complexity index is 917. The highest BCUT2D eigenvalue weighted by Gasteiger charge is 2.20. The SMILES string of the molecule is CC1=C=C(c2ccccc2F)c2cc(C(=O)O)ccc2C(F)=C1. The molecule has 0 radical (unpaired) electrons. The van der Waals surface area contributed by atoms with Crippen LogP contribution >= 0.6 is 0 Å². The Kier molecular flexibility index (Phi) is 3.68. The number of carbonyl (C=O) groups is 1. The number of fused-ring (bicyclic) bond motifs is 1. The van der Waals surface area contributed by atoms with Crippen molar-refractivity contribution in [1.82, 2.24) is 0 Å². The van der Waals surface area contributed by atoms with Gasteiger partial charge >= 0.3 is 5.97 Å². The Labute approximate surface area is 131 Å². The molecule has 0 spiro atoms. The quantitative estimate of drug-likeness (QED) is 0.807. The largest absolute Gasteiger partial charge is 0.478 e. The molecule has 1 aliphatic rings. The van der Waals surface area contributed by atoms with Crippen molar-refractivity contribution in [2.45, 2.75) is 6.92 Å². The highest BCUT2D eigenvalue weighted by atomic mass is 19.1. The summed E-state index contributed by atoms with van der Waals surface area (Å²) in [5.74, 6) is -2.11. The second-order valence-electron chi connectivity index (χ2n) is 5.22. The summed E-state index contributed by atoms with van der Waals surface area (Å²) < 4.78 is 28.5. The van der Waals surface area contributed by atoms with Crippen LogP contribution in [0.25, 0.3) is 11.4 Å². The molecule has 1 aliphatic carbocycles. The molecule has 114 valence electrons. The number of carboxylic acid groups (broad SMARTS) is 1. The van der Waals surface area contributed by atoms with Gasteiger partial charge in [-0.2, -0.15) is 0 Å². The smallest absolute Gasteiger partial charge is 0.335 e. The van der Waals surface area contributed by atoms with Crippen molar-refractivity contribution >= 4 is 17.4 Å². The Morgan fingerprint density at radius 3 is 2.48 bits per heavy atom. The molecule has 0 atom stereocenters. The topological polar surface area (TPSA) is 37.3 Å². The van der Waals surface area contributed by atoms with Crippen LogP contribution < -0.4 is 0 Å². The van der Waals surface area contributed by atoms with E-state index in [-0.39, 0.29) is 16.7 Å². The van der Waals surface area contributed by atoms with Crippen LogP contribution in [0.2, 0.25) is 0 Å². The summed E-state index contributed by atoms with van der Waals surface area (Å²) in [7, 11) is 0. The molecule has 0 aromatic heterocycles. The minimum absolute atomic E-state index is 0.00624. The highest BCUT2D eigenvalue weighted by Crippen LogP contribution is 2.35. The minimum atomic E-state index is -1.13. The fourth-order valence-electron chi connectivity index (χ4n) is 2.54. The summed E-state index contributed by atoms with van der Waals surface area (Å²) in [5.41, 5.74) is 4.58. The zero-order chi connectivity index (χ0) is 16.6. The first-order valence-corrected chi connectivity index (χ1v) is 6.95. The number of aromatic carboxylic acids is 1. The van der Waals surface area contributed by atoms with Gasteiger partial charge in [0, 0.05) is 22.3 Å². The number of allylic oxidation sites excluding steroid dienone is 2. The third-order valence-corrected chi connectivity index (χ3v) is 3.60. The summed E-state index contributed by atoms with van der Waals surface area (Å²) in [6.07, 6.45) is 1.30. The van der Waals surface area contributed by atoms with Crippen LogP contribution in [0.15, 0.2) is 59.8 Å². The molecule has 0 aliphatic heterocycles. The van der Waals surface area contributed by atoms with Gasteiger partial charge < -0.3 is 5.11 Å². The van der Waals surface area contributed by atoms with Crippen LogP contribution in [0, 0.1) is 5.82 Å². The van der Waals surface area contributed by atoms with E-state index in [0.717, 1.165) is 0 Å². The molecule has 2 aromatic carbocycles. The van der Waals surface area contributed by atoms with Crippen LogP contribution in [-0.2, 0) is 0 Å². The van der Waals surface area contributed by atoms with Gasteiger partial charge in [-0.25, -0.2) is 13.6 Å². The zero-order valence-electron chi connectivity index (χ0n) is 12.2. The molecule has 4 heteroatoms. The molecule has 0 saturated carbocycles. The number of halogens is 2. The first-order chi connectivity index (χ1) is 11.0. The molecule has 2 aromatic rings. The summed E-state index contributed by atoms with van der Waals surface area (Å²) >= 11 is 0. The number of rotatable bonds is 2. The van der Waals surface area contributed by atoms with Gasteiger partial charge in [0.2, 0.25) is 0 Å². The maximum atomic E-state index is 14.4. The highest BCUT2D eigenvalue weighted by molar-refractivity contribution is 5.94. The normalized spacial score (nSPS) is 13.4. The van der Waals surface area contributed by atoms with Crippen molar-refractivity contribution in [2.24, 2.45) is 0 Å². The predicted octanol–water partition coefficient (Wildman–Crippen LogP) is 4.82. The lowest BCUT2D eigenvalue weighted by Crippen LogP contribution is -2.01. The predicted molar refractivity (Wildman–Crippen MR) is 84.1 cm³/mol. The molecule has 0 heterocycles. The van der Waals surface area contributed by atoms with Crippen molar-refractivity contribution in [1.29, 1.82) is 0 Å². The maximum absolute atomic E-state index is 14.4. The van der Waals surface area contributed by atoms with Gasteiger partial charge in [0.1, 0.15) is 11.6 Å². The van der Waals surface area contributed by atoms with Crippen LogP contribution in [0.3, 0.4) is 0 Å². The van der Waals surface area contributed by atoms with E-state index in [1.165, 1.54) is 30.3 Å². The third-order valence-electron chi connectivity index (χ3n) is 3.60. The lowest BCUT2D eigenvalue weighted by atomic mass is 9.92. The summed E-state index contributed by atoms with van der Waals surface area (Å²) in [4.78, 5) is 11.2. The van der Waals surface area contributed by atoms with E-state index in [1.54, 1.807) is 25.1 Å². The van der Waals surface area contributed by atoms with Gasteiger partial charge in [-0.05, 0) is 36.8 Å². The van der Waals surface area contributed by atoms with Crippen LogP contribution in [0.4, 0.5) is 8.78 Å². The van der Waals surface area contributed by atoms with Gasteiger partial charge in [0.15, 0.2) is 0 Å². The van der Waals surface area contributed by atoms with Crippen LogP contribution in [0.1, 0.15) is 34.0 Å². The standard InChI is InChI=1S/C19H12F2O2/c1-11-8-15(13-4-2-3-5-17(13)20)16-10-12(19(22)23)6-7-14(16)18(21)9-11/h2-7,9-10H,1H3,(H,22,23). The Hall–Kier alpha value is -2.97. The zero-order valence-corrected chi connectivity index (χ0v) is 12.2. The Morgan fingerprint density at radius 1 is 1.04 bits per heavy atom. The van der Waals surface area contributed by atoms with E-state index >= 15 is 0 Å². The first-order valence-electron chi connectivity index (χ1n) is 6.95. The average molecular weight is 310 g/mol. The van der Waals surface area contributed by atoms with Gasteiger partial charge in [-0.15, -0.1) is 5.73 Å². The monoisotopic (exact) mass is 310 g/mol. The van der Waals surface area contributed by atoms with Crippen LogP contribution in [0.5, 0.6) is 0 Å². The lowest BCUT2D eigenvalue weighted by molar-refractivity contribution is 0.0697. The summed E-state index contributed by atoms with van der Waals surface area (Å²) in [6, 6.07) is 10.1. The molecule has 0 amide bonds. The number of hydrogen-bond acceptors (Lipinski definition) is 1. The lowest BCUT2D eigenvalue weighted by Gasteiger charge is -2.11. The van der Waals surface area contributed by atoms with Gasteiger partial charge in [0.25, 0.3) is 0 Å². The third kappa shape index (κ3) is 2.72. The van der Waals surface area contributed by atoms with Crippen molar-refractivity contribution in [3.05, 3.63) is 87.9 Å². The van der Waals surface area contributed by atoms with Crippen LogP contribution in [-0.4, -0.2) is 11.1 Å².